The summed E-state index contributed by atoms with van der Waals surface area (Å²) < 4.78 is 19.5. The molecule has 3 atom stereocenters. The van der Waals surface area contributed by atoms with Gasteiger partial charge in [-0.1, -0.05) is 0 Å². The first-order chi connectivity index (χ1) is 21.1. The molecule has 0 spiro atoms. The van der Waals surface area contributed by atoms with Crippen molar-refractivity contribution < 1.29 is 53.4 Å². The molecule has 0 bridgehead atoms. The Kier molecular flexibility index (Phi) is 15.7. The first-order valence-corrected chi connectivity index (χ1v) is 15.7. The largest absolute Gasteiger partial charge is 0.469 e. The number of hydrogen-bond donors (Lipinski definition) is 5. The quantitative estimate of drug-likeness (QED) is 0.192. The van der Waals surface area contributed by atoms with E-state index in [1.54, 1.807) is 20.8 Å². The number of hydrogen-bond acceptors (Lipinski definition) is 13. The summed E-state index contributed by atoms with van der Waals surface area (Å²) in [5, 5.41) is 33.0. The van der Waals surface area contributed by atoms with Crippen molar-refractivity contribution in [2.75, 3.05) is 60.0 Å². The van der Waals surface area contributed by atoms with Crippen LogP contribution in [0.15, 0.2) is 0 Å². The molecule has 0 aliphatic carbocycles. The second kappa shape index (κ2) is 17.4. The topological polar surface area (TPSA) is 210 Å². The minimum Gasteiger partial charge on any atom is -0.469 e. The van der Waals surface area contributed by atoms with Crippen molar-refractivity contribution in [3.05, 3.63) is 0 Å². The van der Waals surface area contributed by atoms with Gasteiger partial charge in [0.2, 0.25) is 0 Å². The molecule has 3 saturated heterocycles. The number of ether oxygens (including phenoxy) is 4. The van der Waals surface area contributed by atoms with Crippen LogP contribution in [0.1, 0.15) is 86.5 Å². The molecule has 0 aromatic carbocycles. The Hall–Kier alpha value is -2.72. The van der Waals surface area contributed by atoms with Crippen molar-refractivity contribution in [1.29, 1.82) is 0 Å². The van der Waals surface area contributed by atoms with Crippen molar-refractivity contribution >= 4 is 24.1 Å². The third-order valence-electron chi connectivity index (χ3n) is 7.61. The van der Waals surface area contributed by atoms with Crippen LogP contribution in [-0.2, 0) is 28.5 Å². The predicted molar refractivity (Wildman–Crippen MR) is 169 cm³/mol. The fraction of sp³-hybridized carbons (Fsp3) is 0.871. The molecular formula is C31H58N4O11. The average Bonchev–Trinajstić information content (AvgIpc) is 3.69. The zero-order valence-corrected chi connectivity index (χ0v) is 29.0. The molecule has 268 valence electrons. The Balaban J connectivity index is 0.000000354. The lowest BCUT2D eigenvalue weighted by Crippen LogP contribution is -2.43. The molecule has 0 aromatic heterocycles. The minimum atomic E-state index is -1.02. The zero-order valence-electron chi connectivity index (χ0n) is 29.0. The average molecular weight is 663 g/mol. The van der Waals surface area contributed by atoms with Gasteiger partial charge in [0.05, 0.1) is 44.1 Å². The predicted octanol–water partition coefficient (Wildman–Crippen LogP) is 1.29. The number of aliphatic hydroxyl groups is 3. The molecule has 15 nitrogen and oxygen atoms in total. The van der Waals surface area contributed by atoms with E-state index in [0.29, 0.717) is 51.7 Å². The molecule has 3 fully saturated rings. The maximum absolute atomic E-state index is 11.8. The number of β-amino-alcohol motifs (C(OH)–C–C–N with tert-alkyl or cyclic N) is 3. The van der Waals surface area contributed by atoms with Crippen LogP contribution < -0.4 is 11.1 Å². The van der Waals surface area contributed by atoms with Gasteiger partial charge in [0.15, 0.2) is 0 Å². The maximum atomic E-state index is 11.8. The molecule has 0 aromatic rings. The summed E-state index contributed by atoms with van der Waals surface area (Å²) >= 11 is 0. The van der Waals surface area contributed by atoms with Gasteiger partial charge < -0.3 is 55.1 Å². The van der Waals surface area contributed by atoms with Gasteiger partial charge in [0.1, 0.15) is 11.2 Å². The Bertz CT molecular complexity index is 1010. The Morgan fingerprint density at radius 3 is 1.48 bits per heavy atom. The number of nitrogens with one attached hydrogen (secondary N) is 1. The lowest BCUT2D eigenvalue weighted by molar-refractivity contribution is -0.142. The van der Waals surface area contributed by atoms with E-state index in [-0.39, 0.29) is 44.1 Å². The van der Waals surface area contributed by atoms with Crippen molar-refractivity contribution in [2.45, 2.75) is 114 Å². The lowest BCUT2D eigenvalue weighted by atomic mass is 9.97. The van der Waals surface area contributed by atoms with Gasteiger partial charge >= 0.3 is 24.1 Å². The number of likely N-dealkylation sites (tertiary alicyclic amines) is 2. The van der Waals surface area contributed by atoms with Gasteiger partial charge in [-0.15, -0.1) is 0 Å². The molecule has 6 N–H and O–H groups in total. The van der Waals surface area contributed by atoms with Crippen molar-refractivity contribution in [1.82, 2.24) is 15.1 Å². The van der Waals surface area contributed by atoms with E-state index in [0.717, 1.165) is 13.0 Å². The molecule has 46 heavy (non-hydrogen) atoms. The summed E-state index contributed by atoms with van der Waals surface area (Å²) in [7, 11) is 2.67. The highest BCUT2D eigenvalue weighted by Crippen LogP contribution is 2.28. The highest BCUT2D eigenvalue weighted by Gasteiger charge is 2.40. The number of carbonyl (C=O) groups excluding carboxylic acids is 4. The number of amides is 2. The molecule has 3 aliphatic rings. The van der Waals surface area contributed by atoms with E-state index < -0.39 is 34.1 Å². The molecule has 0 radical (unpaired) electrons. The van der Waals surface area contributed by atoms with Gasteiger partial charge in [0, 0.05) is 39.0 Å². The first kappa shape index (κ1) is 41.3. The van der Waals surface area contributed by atoms with E-state index >= 15 is 0 Å². The fourth-order valence-corrected chi connectivity index (χ4v) is 4.87. The maximum Gasteiger partial charge on any atom is 0.410 e. The van der Waals surface area contributed by atoms with Crippen LogP contribution >= 0.6 is 0 Å². The number of esters is 2. The number of methoxy groups -OCH3 is 2. The summed E-state index contributed by atoms with van der Waals surface area (Å²) in [5.74, 6) is -0.612. The van der Waals surface area contributed by atoms with Crippen molar-refractivity contribution in [3.8, 4) is 0 Å². The van der Waals surface area contributed by atoms with Gasteiger partial charge in [-0.2, -0.15) is 0 Å². The Labute approximate surface area is 273 Å². The molecule has 2 amide bonds. The van der Waals surface area contributed by atoms with Gasteiger partial charge in [-0.05, 0) is 80.2 Å². The number of carbonyl (C=O) groups is 4. The van der Waals surface area contributed by atoms with E-state index in [1.165, 1.54) is 24.0 Å². The van der Waals surface area contributed by atoms with E-state index in [2.05, 4.69) is 14.8 Å². The highest BCUT2D eigenvalue weighted by atomic mass is 16.6. The van der Waals surface area contributed by atoms with Crippen LogP contribution in [0.25, 0.3) is 0 Å². The summed E-state index contributed by atoms with van der Waals surface area (Å²) in [5.41, 5.74) is 1.73. The molecule has 3 unspecified atom stereocenters. The van der Waals surface area contributed by atoms with Crippen LogP contribution in [0, 0.1) is 0 Å². The Morgan fingerprint density at radius 1 is 0.717 bits per heavy atom. The molecule has 3 heterocycles. The smallest absolute Gasteiger partial charge is 0.410 e. The van der Waals surface area contributed by atoms with Crippen LogP contribution in [0.2, 0.25) is 0 Å². The standard InChI is InChI=1S/C13H23NO5.C10H20N2O3.C8H15NO3/c1-12(2,3)19-11(16)14-8-7-13(17,9-14)6-5-10(15)18-4;1-9(2,3)15-8(13)12-5-4-10(14,6-11)7-12;1-12-7(10)2-3-8(11)4-5-9-6-8/h17H,5-9H2,1-4H3;14H,4-7,11H2,1-3H3;9,11H,2-6H2,1H3. The zero-order chi connectivity index (χ0) is 35.4. The van der Waals surface area contributed by atoms with Gasteiger partial charge in [0.25, 0.3) is 0 Å². The summed E-state index contributed by atoms with van der Waals surface area (Å²) in [6.07, 6.45) is 2.11. The number of nitrogens with zero attached hydrogens (tertiary/aromatic N) is 2. The van der Waals surface area contributed by atoms with Crippen LogP contribution in [-0.4, -0.2) is 137 Å². The number of rotatable bonds is 7. The Morgan fingerprint density at radius 2 is 1.13 bits per heavy atom. The second-order valence-corrected chi connectivity index (χ2v) is 14.3. The SMILES string of the molecule is CC(C)(C)OC(=O)N1CCC(O)(CN)C1.COC(=O)CCC1(O)CCN(C(=O)OC(C)(C)C)C1.COC(=O)CCC1(O)CCNC1. The molecule has 0 saturated carbocycles. The normalized spacial score (nSPS) is 25.9. The molecular weight excluding hydrogens is 604 g/mol. The number of nitrogens with two attached hydrogens (primary N) is 1. The van der Waals surface area contributed by atoms with Crippen molar-refractivity contribution in [2.24, 2.45) is 5.73 Å². The van der Waals surface area contributed by atoms with E-state index in [4.69, 9.17) is 15.2 Å². The van der Waals surface area contributed by atoms with Crippen LogP contribution in [0.4, 0.5) is 9.59 Å². The molecule has 3 aliphatic heterocycles. The fourth-order valence-electron chi connectivity index (χ4n) is 4.87. The lowest BCUT2D eigenvalue weighted by Gasteiger charge is -2.26. The minimum absolute atomic E-state index is 0.148. The van der Waals surface area contributed by atoms with E-state index in [1.807, 2.05) is 20.8 Å². The highest BCUT2D eigenvalue weighted by molar-refractivity contribution is 5.70. The third kappa shape index (κ3) is 15.7. The second-order valence-electron chi connectivity index (χ2n) is 14.3. The monoisotopic (exact) mass is 662 g/mol. The molecule has 3 rings (SSSR count). The van der Waals surface area contributed by atoms with Crippen LogP contribution in [0.5, 0.6) is 0 Å². The van der Waals surface area contributed by atoms with Crippen LogP contribution in [0.3, 0.4) is 0 Å². The summed E-state index contributed by atoms with van der Waals surface area (Å²) in [6, 6.07) is 0. The van der Waals surface area contributed by atoms with Gasteiger partial charge in [-0.25, -0.2) is 9.59 Å². The molecule has 15 heteroatoms. The van der Waals surface area contributed by atoms with E-state index in [9.17, 15) is 34.5 Å². The first-order valence-electron chi connectivity index (χ1n) is 15.7. The van der Waals surface area contributed by atoms with Crippen molar-refractivity contribution in [3.63, 3.8) is 0 Å². The summed E-state index contributed by atoms with van der Waals surface area (Å²) in [4.78, 5) is 48.3. The third-order valence-corrected chi connectivity index (χ3v) is 7.61. The van der Waals surface area contributed by atoms with Gasteiger partial charge in [-0.3, -0.25) is 9.59 Å². The summed E-state index contributed by atoms with van der Waals surface area (Å²) in [6.45, 7) is 13.8.